The fourth-order valence-corrected chi connectivity index (χ4v) is 1.48. The molecule has 0 aromatic carbocycles. The lowest BCUT2D eigenvalue weighted by Gasteiger charge is -2.15. The number of hydrogen-bond acceptors (Lipinski definition) is 3. The molecule has 0 bridgehead atoms. The molecular weight excluding hydrogens is 170 g/mol. The summed E-state index contributed by atoms with van der Waals surface area (Å²) >= 11 is 0. The zero-order valence-corrected chi connectivity index (χ0v) is 7.44. The Hall–Kier alpha value is -1.58. The van der Waals surface area contributed by atoms with Gasteiger partial charge in [-0.2, -0.15) is 0 Å². The van der Waals surface area contributed by atoms with Gasteiger partial charge in [-0.1, -0.05) is 0 Å². The van der Waals surface area contributed by atoms with Crippen LogP contribution in [0.25, 0.3) is 0 Å². The highest BCUT2D eigenvalue weighted by Gasteiger charge is 2.40. The average Bonchev–Trinajstić information content (AvgIpc) is 2.23. The Morgan fingerprint density at radius 3 is 2.92 bits per heavy atom. The van der Waals surface area contributed by atoms with E-state index in [1.165, 1.54) is 12.4 Å². The third-order valence-electron chi connectivity index (χ3n) is 2.16. The van der Waals surface area contributed by atoms with Gasteiger partial charge in [-0.05, 0) is 13.8 Å². The van der Waals surface area contributed by atoms with Crippen LogP contribution in [-0.4, -0.2) is 11.2 Å². The molecule has 1 aliphatic heterocycles. The molecule has 4 heteroatoms. The van der Waals surface area contributed by atoms with E-state index >= 15 is 0 Å². The number of nitrogens with zero attached hydrogens (tertiary/aromatic N) is 1. The maximum atomic E-state index is 11.3. The summed E-state index contributed by atoms with van der Waals surface area (Å²) in [6.07, 6.45) is 2.89. The summed E-state index contributed by atoms with van der Waals surface area (Å²) in [5.41, 5.74) is 0.593. The minimum absolute atomic E-state index is 0.333. The Balaban J connectivity index is 2.66. The van der Waals surface area contributed by atoms with Gasteiger partial charge in [0.2, 0.25) is 12.4 Å². The quantitative estimate of drug-likeness (QED) is 0.361. The minimum atomic E-state index is -0.641. The lowest BCUT2D eigenvalue weighted by atomic mass is 9.99. The van der Waals surface area contributed by atoms with Crippen LogP contribution in [0.1, 0.15) is 29.8 Å². The summed E-state index contributed by atoms with van der Waals surface area (Å²) in [6, 6.07) is 1.55. The summed E-state index contributed by atoms with van der Waals surface area (Å²) in [5.74, 6) is -0.333. The second-order valence-electron chi connectivity index (χ2n) is 3.55. The number of rotatable bonds is 0. The molecule has 2 heterocycles. The number of carbonyl (C=O) groups excluding carboxylic acids is 1. The van der Waals surface area contributed by atoms with Crippen molar-refractivity contribution in [2.75, 3.05) is 0 Å². The molecule has 13 heavy (non-hydrogen) atoms. The fourth-order valence-electron chi connectivity index (χ4n) is 1.48. The normalized spacial score (nSPS) is 18.2. The van der Waals surface area contributed by atoms with Crippen LogP contribution in [-0.2, 0) is 10.3 Å². The summed E-state index contributed by atoms with van der Waals surface area (Å²) in [4.78, 5) is 11.3. The lowest BCUT2D eigenvalue weighted by molar-refractivity contribution is -0.905. The number of ether oxygens (including phenoxy) is 1. The fraction of sp³-hybridized carbons (Fsp3) is 0.333. The van der Waals surface area contributed by atoms with E-state index in [4.69, 9.17) is 9.94 Å². The predicted octanol–water partition coefficient (Wildman–Crippen LogP) is 0.617. The third-order valence-corrected chi connectivity index (χ3v) is 2.16. The van der Waals surface area contributed by atoms with E-state index in [9.17, 15) is 4.79 Å². The summed E-state index contributed by atoms with van der Waals surface area (Å²) < 4.78 is 6.03. The Labute approximate surface area is 75.3 Å². The standard InChI is InChI=1S/C9H10NO3/c1-9(2)7-5-10(12)4-3-6(7)8(11)13-9/h3-5,12H,1-2H3/q+1. The van der Waals surface area contributed by atoms with Crippen LogP contribution in [0, 0.1) is 0 Å². The van der Waals surface area contributed by atoms with E-state index in [1.807, 2.05) is 0 Å². The minimum Gasteiger partial charge on any atom is -0.451 e. The number of fused-ring (bicyclic) bond motifs is 1. The van der Waals surface area contributed by atoms with Gasteiger partial charge in [0.05, 0.1) is 11.1 Å². The molecular formula is C9H10NO3+. The molecule has 2 rings (SSSR count). The Morgan fingerprint density at radius 1 is 1.54 bits per heavy atom. The first kappa shape index (κ1) is 8.04. The molecule has 1 aromatic rings. The smallest absolute Gasteiger partial charge is 0.339 e. The number of esters is 1. The van der Waals surface area contributed by atoms with Gasteiger partial charge in [0.15, 0.2) is 0 Å². The van der Waals surface area contributed by atoms with E-state index in [-0.39, 0.29) is 5.97 Å². The number of hydrogen-bond donors (Lipinski definition) is 1. The highest BCUT2D eigenvalue weighted by atomic mass is 16.6. The number of carbonyl (C=O) groups is 1. The van der Waals surface area contributed by atoms with Gasteiger partial charge >= 0.3 is 5.97 Å². The van der Waals surface area contributed by atoms with Gasteiger partial charge in [-0.25, -0.2) is 4.79 Å². The van der Waals surface area contributed by atoms with Gasteiger partial charge < -0.3 is 4.74 Å². The van der Waals surface area contributed by atoms with E-state index in [0.717, 1.165) is 4.73 Å². The molecule has 0 saturated carbocycles. The zero-order chi connectivity index (χ0) is 9.64. The maximum absolute atomic E-state index is 11.3. The van der Waals surface area contributed by atoms with Crippen LogP contribution in [0.15, 0.2) is 18.5 Å². The Morgan fingerprint density at radius 2 is 2.23 bits per heavy atom. The lowest BCUT2D eigenvalue weighted by Crippen LogP contribution is -2.31. The summed E-state index contributed by atoms with van der Waals surface area (Å²) in [5, 5.41) is 9.16. The van der Waals surface area contributed by atoms with Crippen LogP contribution in [0.2, 0.25) is 0 Å². The largest absolute Gasteiger partial charge is 0.451 e. The number of cyclic esters (lactones) is 1. The zero-order valence-electron chi connectivity index (χ0n) is 7.44. The van der Waals surface area contributed by atoms with Crippen molar-refractivity contribution in [2.24, 2.45) is 0 Å². The molecule has 0 saturated heterocycles. The van der Waals surface area contributed by atoms with Crippen molar-refractivity contribution in [1.82, 2.24) is 0 Å². The molecule has 0 unspecified atom stereocenters. The van der Waals surface area contributed by atoms with Crippen LogP contribution in [0.3, 0.4) is 0 Å². The molecule has 0 fully saturated rings. The van der Waals surface area contributed by atoms with Gasteiger partial charge in [0, 0.05) is 10.8 Å². The number of pyridine rings is 1. The van der Waals surface area contributed by atoms with E-state index in [0.29, 0.717) is 11.1 Å². The van der Waals surface area contributed by atoms with Crippen LogP contribution >= 0.6 is 0 Å². The van der Waals surface area contributed by atoms with Crippen molar-refractivity contribution < 1.29 is 19.5 Å². The second-order valence-corrected chi connectivity index (χ2v) is 3.55. The van der Waals surface area contributed by atoms with E-state index in [1.54, 1.807) is 19.9 Å². The first-order valence-corrected chi connectivity index (χ1v) is 3.99. The predicted molar refractivity (Wildman–Crippen MR) is 42.3 cm³/mol. The van der Waals surface area contributed by atoms with Crippen molar-refractivity contribution in [3.05, 3.63) is 29.6 Å². The molecule has 0 spiro atoms. The maximum Gasteiger partial charge on any atom is 0.339 e. The Kier molecular flexibility index (Phi) is 1.37. The molecule has 0 aliphatic carbocycles. The van der Waals surface area contributed by atoms with Gasteiger partial charge in [-0.15, -0.1) is 0 Å². The molecule has 0 radical (unpaired) electrons. The topological polar surface area (TPSA) is 50.4 Å². The summed E-state index contributed by atoms with van der Waals surface area (Å²) in [6.45, 7) is 3.58. The molecule has 1 aliphatic rings. The number of aromatic nitrogens is 1. The molecule has 4 nitrogen and oxygen atoms in total. The van der Waals surface area contributed by atoms with Crippen molar-refractivity contribution in [1.29, 1.82) is 0 Å². The van der Waals surface area contributed by atoms with Crippen LogP contribution < -0.4 is 4.73 Å². The summed E-state index contributed by atoms with van der Waals surface area (Å²) in [7, 11) is 0. The molecule has 68 valence electrons. The van der Waals surface area contributed by atoms with Crippen molar-refractivity contribution in [2.45, 2.75) is 19.4 Å². The molecule has 1 N–H and O–H groups in total. The highest BCUT2D eigenvalue weighted by molar-refractivity contribution is 5.94. The average molecular weight is 180 g/mol. The van der Waals surface area contributed by atoms with E-state index in [2.05, 4.69) is 0 Å². The first-order chi connectivity index (χ1) is 6.00. The second kappa shape index (κ2) is 2.22. The third kappa shape index (κ3) is 1.06. The van der Waals surface area contributed by atoms with Crippen molar-refractivity contribution in [3.63, 3.8) is 0 Å². The molecule has 1 aromatic heterocycles. The Bertz CT molecular complexity index is 384. The van der Waals surface area contributed by atoms with Gasteiger partial charge in [0.1, 0.15) is 5.60 Å². The first-order valence-electron chi connectivity index (χ1n) is 3.99. The SMILES string of the molecule is CC1(C)OC(=O)c2cc[n+](O)cc21. The van der Waals surface area contributed by atoms with Crippen molar-refractivity contribution in [3.8, 4) is 0 Å². The van der Waals surface area contributed by atoms with Crippen molar-refractivity contribution >= 4 is 5.97 Å². The van der Waals surface area contributed by atoms with E-state index < -0.39 is 5.60 Å². The van der Waals surface area contributed by atoms with Crippen LogP contribution in [0.5, 0.6) is 0 Å². The highest BCUT2D eigenvalue weighted by Crippen LogP contribution is 2.34. The molecule has 0 amide bonds. The monoisotopic (exact) mass is 180 g/mol. The molecule has 0 atom stereocenters. The van der Waals surface area contributed by atoms with Gasteiger partial charge in [0.25, 0.3) is 0 Å². The van der Waals surface area contributed by atoms with Crippen LogP contribution in [0.4, 0.5) is 0 Å². The van der Waals surface area contributed by atoms with Gasteiger partial charge in [-0.3, -0.25) is 5.21 Å².